The lowest BCUT2D eigenvalue weighted by Crippen LogP contribution is -2.68. The molecular formula is C27H34O2Si. The SMILES string of the molecule is C[C@H](O[Si](c1ccccc1)(c1ccccc1)C(C)(C)C)[C@@H](CO)Cc1ccccc1. The Morgan fingerprint density at radius 3 is 1.60 bits per heavy atom. The molecule has 3 rings (SSSR count). The van der Waals surface area contributed by atoms with Gasteiger partial charge >= 0.3 is 0 Å². The summed E-state index contributed by atoms with van der Waals surface area (Å²) in [4.78, 5) is 0. The van der Waals surface area contributed by atoms with E-state index in [0.717, 1.165) is 6.42 Å². The number of hydrogen-bond acceptors (Lipinski definition) is 2. The van der Waals surface area contributed by atoms with E-state index in [1.807, 2.05) is 6.07 Å². The largest absolute Gasteiger partial charge is 0.404 e. The molecule has 0 fully saturated rings. The molecule has 2 nitrogen and oxygen atoms in total. The molecule has 0 saturated heterocycles. The minimum atomic E-state index is -2.62. The van der Waals surface area contributed by atoms with Crippen molar-refractivity contribution in [1.82, 2.24) is 0 Å². The Labute approximate surface area is 182 Å². The Morgan fingerprint density at radius 2 is 1.20 bits per heavy atom. The first-order valence-electron chi connectivity index (χ1n) is 10.8. The third-order valence-electron chi connectivity index (χ3n) is 6.02. The fourth-order valence-electron chi connectivity index (χ4n) is 4.36. The molecule has 0 aliphatic carbocycles. The van der Waals surface area contributed by atoms with Crippen LogP contribution in [0.15, 0.2) is 91.0 Å². The quantitative estimate of drug-likeness (QED) is 0.532. The summed E-state index contributed by atoms with van der Waals surface area (Å²) in [7, 11) is -2.62. The van der Waals surface area contributed by atoms with Crippen LogP contribution in [0.3, 0.4) is 0 Å². The summed E-state index contributed by atoms with van der Waals surface area (Å²) in [5.74, 6) is 0.0362. The van der Waals surface area contributed by atoms with Gasteiger partial charge in [-0.3, -0.25) is 0 Å². The van der Waals surface area contributed by atoms with Gasteiger partial charge in [0.2, 0.25) is 0 Å². The van der Waals surface area contributed by atoms with Crippen LogP contribution in [0, 0.1) is 5.92 Å². The van der Waals surface area contributed by atoms with Gasteiger partial charge in [-0.05, 0) is 34.3 Å². The maximum Gasteiger partial charge on any atom is 0.261 e. The van der Waals surface area contributed by atoms with Crippen LogP contribution in [0.5, 0.6) is 0 Å². The summed E-state index contributed by atoms with van der Waals surface area (Å²) in [6.07, 6.45) is 0.720. The van der Waals surface area contributed by atoms with Crippen molar-refractivity contribution in [2.75, 3.05) is 6.61 Å². The van der Waals surface area contributed by atoms with Crippen LogP contribution in [0.25, 0.3) is 0 Å². The van der Waals surface area contributed by atoms with E-state index in [0.29, 0.717) is 0 Å². The summed E-state index contributed by atoms with van der Waals surface area (Å²) in [5, 5.41) is 12.7. The molecule has 2 atom stereocenters. The van der Waals surface area contributed by atoms with Crippen LogP contribution in [0.1, 0.15) is 33.3 Å². The fourth-order valence-corrected chi connectivity index (χ4v) is 9.13. The molecule has 0 amide bonds. The van der Waals surface area contributed by atoms with Crippen molar-refractivity contribution in [1.29, 1.82) is 0 Å². The van der Waals surface area contributed by atoms with E-state index in [4.69, 9.17) is 4.43 Å². The molecule has 0 saturated carbocycles. The van der Waals surface area contributed by atoms with Gasteiger partial charge in [-0.25, -0.2) is 0 Å². The zero-order valence-corrected chi connectivity index (χ0v) is 19.6. The highest BCUT2D eigenvalue weighted by molar-refractivity contribution is 6.99. The number of hydrogen-bond donors (Lipinski definition) is 1. The molecule has 0 unspecified atom stereocenters. The minimum absolute atomic E-state index is 0.0362. The average Bonchev–Trinajstić information content (AvgIpc) is 2.76. The van der Waals surface area contributed by atoms with Gasteiger partial charge in [-0.15, -0.1) is 0 Å². The summed E-state index contributed by atoms with van der Waals surface area (Å²) in [6, 6.07) is 31.8. The molecule has 1 N–H and O–H groups in total. The molecule has 0 aromatic heterocycles. The third-order valence-corrected chi connectivity index (χ3v) is 11.1. The number of aliphatic hydroxyl groups is 1. The van der Waals surface area contributed by atoms with Crippen LogP contribution in [-0.4, -0.2) is 26.1 Å². The second kappa shape index (κ2) is 9.74. The Kier molecular flexibility index (Phi) is 7.30. The predicted octanol–water partition coefficient (Wildman–Crippen LogP) is 4.80. The molecule has 0 bridgehead atoms. The summed E-state index contributed by atoms with van der Waals surface area (Å²) < 4.78 is 7.18. The number of benzene rings is 3. The van der Waals surface area contributed by atoms with Crippen molar-refractivity contribution in [3.8, 4) is 0 Å². The lowest BCUT2D eigenvalue weighted by molar-refractivity contribution is 0.0915. The van der Waals surface area contributed by atoms with Crippen molar-refractivity contribution in [2.45, 2.75) is 45.3 Å². The van der Waals surface area contributed by atoms with Crippen LogP contribution in [-0.2, 0) is 10.8 Å². The summed E-state index contributed by atoms with van der Waals surface area (Å²) in [6.45, 7) is 9.10. The first-order valence-corrected chi connectivity index (χ1v) is 12.7. The van der Waals surface area contributed by atoms with Gasteiger partial charge in [0, 0.05) is 18.6 Å². The number of aliphatic hydroxyl groups excluding tert-OH is 1. The Balaban J connectivity index is 2.04. The van der Waals surface area contributed by atoms with Gasteiger partial charge in [0.05, 0.1) is 0 Å². The fraction of sp³-hybridized carbons (Fsp3) is 0.333. The van der Waals surface area contributed by atoms with E-state index in [-0.39, 0.29) is 23.7 Å². The molecule has 30 heavy (non-hydrogen) atoms. The topological polar surface area (TPSA) is 29.5 Å². The van der Waals surface area contributed by atoms with Gasteiger partial charge in [0.15, 0.2) is 0 Å². The zero-order chi connectivity index (χ0) is 21.6. The minimum Gasteiger partial charge on any atom is -0.404 e. The maximum absolute atomic E-state index is 10.2. The number of rotatable bonds is 8. The molecule has 0 heterocycles. The first kappa shape index (κ1) is 22.5. The van der Waals surface area contributed by atoms with Gasteiger partial charge in [-0.1, -0.05) is 112 Å². The normalized spacial score (nSPS) is 14.3. The Morgan fingerprint density at radius 1 is 0.767 bits per heavy atom. The van der Waals surface area contributed by atoms with E-state index in [9.17, 15) is 5.11 Å². The van der Waals surface area contributed by atoms with Gasteiger partial charge in [0.25, 0.3) is 8.32 Å². The summed E-state index contributed by atoms with van der Waals surface area (Å²) >= 11 is 0. The highest BCUT2D eigenvalue weighted by atomic mass is 28.4. The monoisotopic (exact) mass is 418 g/mol. The third kappa shape index (κ3) is 4.75. The molecule has 3 heteroatoms. The summed E-state index contributed by atoms with van der Waals surface area (Å²) in [5.41, 5.74) is 1.23. The second-order valence-corrected chi connectivity index (χ2v) is 13.4. The molecule has 158 valence electrons. The van der Waals surface area contributed by atoms with Gasteiger partial charge < -0.3 is 9.53 Å². The Hall–Kier alpha value is -2.20. The van der Waals surface area contributed by atoms with Crippen LogP contribution in [0.4, 0.5) is 0 Å². The van der Waals surface area contributed by atoms with Gasteiger partial charge in [-0.2, -0.15) is 0 Å². The predicted molar refractivity (Wildman–Crippen MR) is 129 cm³/mol. The first-order chi connectivity index (χ1) is 14.4. The maximum atomic E-state index is 10.2. The highest BCUT2D eigenvalue weighted by Crippen LogP contribution is 2.38. The van der Waals surface area contributed by atoms with E-state index in [1.54, 1.807) is 0 Å². The van der Waals surface area contributed by atoms with Crippen LogP contribution in [0.2, 0.25) is 5.04 Å². The van der Waals surface area contributed by atoms with Crippen molar-refractivity contribution < 1.29 is 9.53 Å². The standard InChI is InChI=1S/C27H34O2Si/c1-22(24(21-28)20-23-14-8-5-9-15-23)29-30(27(2,3)4,25-16-10-6-11-17-25)26-18-12-7-13-19-26/h5-19,22,24,28H,20-21H2,1-4H3/t22-,24+/m0/s1. The molecule has 0 radical (unpaired) electrons. The lowest BCUT2D eigenvalue weighted by atomic mass is 9.96. The molecule has 3 aromatic rings. The molecule has 3 aromatic carbocycles. The van der Waals surface area contributed by atoms with Crippen molar-refractivity contribution in [3.05, 3.63) is 96.6 Å². The highest BCUT2D eigenvalue weighted by Gasteiger charge is 2.51. The molecule has 0 aliphatic heterocycles. The smallest absolute Gasteiger partial charge is 0.261 e. The Bertz CT molecular complexity index is 849. The van der Waals surface area contributed by atoms with Crippen molar-refractivity contribution >= 4 is 18.7 Å². The van der Waals surface area contributed by atoms with Crippen molar-refractivity contribution in [3.63, 3.8) is 0 Å². The van der Waals surface area contributed by atoms with E-state index >= 15 is 0 Å². The average molecular weight is 419 g/mol. The van der Waals surface area contributed by atoms with Crippen LogP contribution >= 0.6 is 0 Å². The lowest BCUT2D eigenvalue weighted by Gasteiger charge is -2.45. The van der Waals surface area contributed by atoms with Crippen LogP contribution < -0.4 is 10.4 Å². The zero-order valence-electron chi connectivity index (χ0n) is 18.6. The molecular weight excluding hydrogens is 384 g/mol. The van der Waals surface area contributed by atoms with Gasteiger partial charge in [0.1, 0.15) is 0 Å². The molecule has 0 spiro atoms. The molecule has 0 aliphatic rings. The van der Waals surface area contributed by atoms with E-state index in [2.05, 4.69) is 113 Å². The van der Waals surface area contributed by atoms with E-state index in [1.165, 1.54) is 15.9 Å². The second-order valence-electron chi connectivity index (χ2n) is 9.12. The van der Waals surface area contributed by atoms with Crippen molar-refractivity contribution in [2.24, 2.45) is 5.92 Å². The van der Waals surface area contributed by atoms with E-state index < -0.39 is 8.32 Å².